The third kappa shape index (κ3) is 1.84. The normalized spacial score (nSPS) is 12.9. The van der Waals surface area contributed by atoms with Crippen molar-refractivity contribution in [2.75, 3.05) is 6.61 Å². The zero-order chi connectivity index (χ0) is 13.4. The molecular weight excluding hydrogens is 252 g/mol. The highest BCUT2D eigenvalue weighted by Crippen LogP contribution is 2.21. The Hall–Kier alpha value is -1.63. The van der Waals surface area contributed by atoms with Crippen LogP contribution in [0.25, 0.3) is 11.2 Å². The van der Waals surface area contributed by atoms with E-state index in [1.165, 1.54) is 0 Å². The quantitative estimate of drug-likeness (QED) is 0.681. The van der Waals surface area contributed by atoms with Crippen molar-refractivity contribution >= 4 is 29.4 Å². The smallest absolute Gasteiger partial charge is 0.328 e. The van der Waals surface area contributed by atoms with E-state index in [2.05, 4.69) is 10.1 Å². The number of aromatic nitrogens is 4. The average molecular weight is 268 g/mol. The Bertz CT molecular complexity index is 652. The SMILES string of the molecule is CCOC(=O)C(C)n1c(=S)[nH]c2c(C)nn(C)c21. The van der Waals surface area contributed by atoms with Crippen LogP contribution in [-0.4, -0.2) is 31.9 Å². The summed E-state index contributed by atoms with van der Waals surface area (Å²) in [7, 11) is 1.83. The number of aryl methyl sites for hydroxylation is 2. The number of H-pyrrole nitrogens is 1. The van der Waals surface area contributed by atoms with E-state index in [1.54, 1.807) is 23.1 Å². The number of hydrogen-bond donors (Lipinski definition) is 1. The van der Waals surface area contributed by atoms with Gasteiger partial charge in [0, 0.05) is 7.05 Å². The molecule has 0 spiro atoms. The van der Waals surface area contributed by atoms with Gasteiger partial charge in [-0.05, 0) is 33.0 Å². The predicted molar refractivity (Wildman–Crippen MR) is 70.0 cm³/mol. The molecule has 1 unspecified atom stereocenters. The molecule has 18 heavy (non-hydrogen) atoms. The maximum absolute atomic E-state index is 11.8. The van der Waals surface area contributed by atoms with E-state index in [-0.39, 0.29) is 5.97 Å². The molecule has 0 aliphatic carbocycles. The number of esters is 1. The Morgan fingerprint density at radius 2 is 2.28 bits per heavy atom. The molecule has 0 amide bonds. The lowest BCUT2D eigenvalue weighted by molar-refractivity contribution is -0.146. The van der Waals surface area contributed by atoms with Crippen molar-refractivity contribution in [3.63, 3.8) is 0 Å². The first-order valence-corrected chi connectivity index (χ1v) is 6.18. The zero-order valence-corrected chi connectivity index (χ0v) is 11.7. The van der Waals surface area contributed by atoms with Gasteiger partial charge in [0.25, 0.3) is 0 Å². The Kier molecular flexibility index (Phi) is 3.25. The summed E-state index contributed by atoms with van der Waals surface area (Å²) < 4.78 is 8.98. The molecule has 0 aliphatic heterocycles. The summed E-state index contributed by atoms with van der Waals surface area (Å²) in [6, 6.07) is -0.471. The zero-order valence-electron chi connectivity index (χ0n) is 10.9. The van der Waals surface area contributed by atoms with Gasteiger partial charge >= 0.3 is 5.97 Å². The number of hydrogen-bond acceptors (Lipinski definition) is 4. The molecule has 6 nitrogen and oxygen atoms in total. The molecule has 7 heteroatoms. The molecule has 0 aromatic carbocycles. The number of carbonyl (C=O) groups excluding carboxylic acids is 1. The van der Waals surface area contributed by atoms with E-state index in [0.29, 0.717) is 11.4 Å². The molecule has 0 aliphatic rings. The number of rotatable bonds is 3. The Morgan fingerprint density at radius 3 is 2.89 bits per heavy atom. The summed E-state index contributed by atoms with van der Waals surface area (Å²) in [6.07, 6.45) is 0. The number of nitrogens with one attached hydrogen (secondary N) is 1. The molecule has 1 atom stereocenters. The second-order valence-corrected chi connectivity index (χ2v) is 4.52. The maximum atomic E-state index is 11.8. The highest BCUT2D eigenvalue weighted by atomic mass is 32.1. The van der Waals surface area contributed by atoms with Crippen molar-refractivity contribution in [3.8, 4) is 0 Å². The molecule has 2 rings (SSSR count). The van der Waals surface area contributed by atoms with Crippen molar-refractivity contribution in [1.82, 2.24) is 19.3 Å². The van der Waals surface area contributed by atoms with E-state index in [1.807, 2.05) is 14.0 Å². The summed E-state index contributed by atoms with van der Waals surface area (Å²) in [6.45, 7) is 5.80. The van der Waals surface area contributed by atoms with Crippen LogP contribution < -0.4 is 0 Å². The molecule has 2 aromatic rings. The lowest BCUT2D eigenvalue weighted by Gasteiger charge is -2.12. The van der Waals surface area contributed by atoms with Crippen LogP contribution in [0.1, 0.15) is 25.6 Å². The third-order valence-electron chi connectivity index (χ3n) is 2.89. The first-order chi connectivity index (χ1) is 8.47. The van der Waals surface area contributed by atoms with Crippen LogP contribution >= 0.6 is 12.2 Å². The summed E-state index contributed by atoms with van der Waals surface area (Å²) >= 11 is 5.26. The van der Waals surface area contributed by atoms with Gasteiger partial charge in [-0.1, -0.05) is 0 Å². The molecule has 1 N–H and O–H groups in total. The summed E-state index contributed by atoms with van der Waals surface area (Å²) in [5, 5.41) is 4.31. The Balaban J connectivity index is 2.60. The van der Waals surface area contributed by atoms with Gasteiger partial charge in [-0.25, -0.2) is 4.79 Å². The summed E-state index contributed by atoms with van der Waals surface area (Å²) in [5.74, 6) is -0.298. The maximum Gasteiger partial charge on any atom is 0.328 e. The molecule has 0 saturated carbocycles. The van der Waals surface area contributed by atoms with Crippen molar-refractivity contribution in [2.24, 2.45) is 7.05 Å². The van der Waals surface area contributed by atoms with Gasteiger partial charge in [0.2, 0.25) is 0 Å². The highest BCUT2D eigenvalue weighted by Gasteiger charge is 2.22. The molecule has 98 valence electrons. The van der Waals surface area contributed by atoms with Crippen molar-refractivity contribution in [2.45, 2.75) is 26.8 Å². The molecule has 0 bridgehead atoms. The van der Waals surface area contributed by atoms with Gasteiger partial charge in [0.15, 0.2) is 10.4 Å². The van der Waals surface area contributed by atoms with Gasteiger partial charge in [-0.2, -0.15) is 5.10 Å². The number of ether oxygens (including phenoxy) is 1. The van der Waals surface area contributed by atoms with Crippen molar-refractivity contribution in [3.05, 3.63) is 10.5 Å². The second kappa shape index (κ2) is 4.56. The Morgan fingerprint density at radius 1 is 1.61 bits per heavy atom. The van der Waals surface area contributed by atoms with Crippen molar-refractivity contribution < 1.29 is 9.53 Å². The second-order valence-electron chi connectivity index (χ2n) is 4.14. The Labute approximate surface area is 110 Å². The van der Waals surface area contributed by atoms with Gasteiger partial charge in [0.1, 0.15) is 11.6 Å². The van der Waals surface area contributed by atoms with E-state index >= 15 is 0 Å². The van der Waals surface area contributed by atoms with E-state index in [0.717, 1.165) is 16.9 Å². The third-order valence-corrected chi connectivity index (χ3v) is 3.18. The fourth-order valence-electron chi connectivity index (χ4n) is 2.06. The van der Waals surface area contributed by atoms with Crippen LogP contribution in [0.3, 0.4) is 0 Å². The fourth-order valence-corrected chi connectivity index (χ4v) is 2.41. The number of nitrogens with zero attached hydrogens (tertiary/aromatic N) is 3. The van der Waals surface area contributed by atoms with Crippen LogP contribution in [0.2, 0.25) is 0 Å². The van der Waals surface area contributed by atoms with Crippen LogP contribution in [0.15, 0.2) is 0 Å². The number of fused-ring (bicyclic) bond motifs is 1. The molecule has 0 fully saturated rings. The number of aromatic amines is 1. The monoisotopic (exact) mass is 268 g/mol. The molecule has 0 radical (unpaired) electrons. The van der Waals surface area contributed by atoms with Crippen molar-refractivity contribution in [1.29, 1.82) is 0 Å². The van der Waals surface area contributed by atoms with Crippen LogP contribution in [0, 0.1) is 11.7 Å². The molecular formula is C11H16N4O2S. The topological polar surface area (TPSA) is 64.8 Å². The van der Waals surface area contributed by atoms with Gasteiger partial charge in [-0.3, -0.25) is 9.25 Å². The lowest BCUT2D eigenvalue weighted by Crippen LogP contribution is -2.20. The molecule has 2 heterocycles. The number of carbonyl (C=O) groups is 1. The van der Waals surface area contributed by atoms with E-state index in [4.69, 9.17) is 17.0 Å². The largest absolute Gasteiger partial charge is 0.464 e. The molecule has 0 saturated heterocycles. The average Bonchev–Trinajstić information content (AvgIpc) is 2.77. The minimum absolute atomic E-state index is 0.298. The first kappa shape index (κ1) is 12.8. The van der Waals surface area contributed by atoms with Gasteiger partial charge in [0.05, 0.1) is 12.3 Å². The molecule has 2 aromatic heterocycles. The summed E-state index contributed by atoms with van der Waals surface area (Å²) in [4.78, 5) is 14.9. The summed E-state index contributed by atoms with van der Waals surface area (Å²) in [5.41, 5.74) is 2.52. The number of imidazole rings is 1. The highest BCUT2D eigenvalue weighted by molar-refractivity contribution is 7.71. The van der Waals surface area contributed by atoms with E-state index in [9.17, 15) is 4.79 Å². The van der Waals surface area contributed by atoms with Gasteiger partial charge < -0.3 is 9.72 Å². The van der Waals surface area contributed by atoms with E-state index < -0.39 is 6.04 Å². The van der Waals surface area contributed by atoms with Gasteiger partial charge in [-0.15, -0.1) is 0 Å². The fraction of sp³-hybridized carbons (Fsp3) is 0.545. The predicted octanol–water partition coefficient (Wildman–Crippen LogP) is 1.86. The first-order valence-electron chi connectivity index (χ1n) is 5.77. The lowest BCUT2D eigenvalue weighted by atomic mass is 10.3. The van der Waals surface area contributed by atoms with Crippen LogP contribution in [-0.2, 0) is 16.6 Å². The van der Waals surface area contributed by atoms with Crippen LogP contribution in [0.4, 0.5) is 0 Å². The minimum atomic E-state index is -0.471. The van der Waals surface area contributed by atoms with Crippen LogP contribution in [0.5, 0.6) is 0 Å². The minimum Gasteiger partial charge on any atom is -0.464 e. The standard InChI is InChI=1S/C11H16N4O2S/c1-5-17-10(16)7(3)15-9-8(12-11(15)18)6(2)13-14(9)4/h7H,5H2,1-4H3,(H,12,18).